The molecule has 0 saturated carbocycles. The molecule has 4 unspecified atom stereocenters. The normalized spacial score (nSPS) is 13.6. The van der Waals surface area contributed by atoms with Crippen molar-refractivity contribution in [1.29, 1.82) is 0 Å². The zero-order valence-corrected chi connectivity index (χ0v) is 39.8. The van der Waals surface area contributed by atoms with Crippen LogP contribution >= 0.6 is 18.1 Å². The molecule has 10 nitrogen and oxygen atoms in total. The lowest BCUT2D eigenvalue weighted by molar-refractivity contribution is -0.191. The number of hydrogen-bond acceptors (Lipinski definition) is 10. The minimum atomic E-state index is -1.24. The predicted octanol–water partition coefficient (Wildman–Crippen LogP) is 11.0. The van der Waals surface area contributed by atoms with E-state index in [2.05, 4.69) is 18.2 Å². The zero-order chi connectivity index (χ0) is 43.3. The topological polar surface area (TPSA) is 180 Å². The van der Waals surface area contributed by atoms with Gasteiger partial charge in [-0.1, -0.05) is 219 Å². The van der Waals surface area contributed by atoms with Crippen molar-refractivity contribution in [3.8, 4) is 0 Å². The molecule has 0 radical (unpaired) electrons. The lowest BCUT2D eigenvalue weighted by Crippen LogP contribution is -2.53. The minimum absolute atomic E-state index is 0.431. The molecule has 0 amide bonds. The fourth-order valence-electron chi connectivity index (χ4n) is 7.92. The third-order valence-corrected chi connectivity index (χ3v) is 13.0. The molecule has 0 saturated heterocycles. The van der Waals surface area contributed by atoms with E-state index in [0.29, 0.717) is 12.8 Å². The van der Waals surface area contributed by atoms with E-state index in [9.17, 15) is 30.6 Å². The second-order valence-corrected chi connectivity index (χ2v) is 18.4. The van der Waals surface area contributed by atoms with Crippen molar-refractivity contribution in [1.82, 2.24) is 0 Å². The Balaban J connectivity index is 0. The summed E-state index contributed by atoms with van der Waals surface area (Å²) in [4.78, 5) is 15.4. The SMILES string of the molecule is CCCCCCCCCCCCCCCCCCC(OC(CCCCCCCCCCCCCCCCCC)C(CO)(CO)CO)C(CO)(CO)CO.OPOPO. The molecule has 0 bridgehead atoms. The number of rotatable bonds is 46. The van der Waals surface area contributed by atoms with Crippen LogP contribution in [0.5, 0.6) is 0 Å². The van der Waals surface area contributed by atoms with Crippen molar-refractivity contribution >= 4 is 18.1 Å². The smallest absolute Gasteiger partial charge is 0.158 e. The second kappa shape index (κ2) is 47.0. The Bertz CT molecular complexity index is 700. The molecule has 0 aromatic carbocycles. The van der Waals surface area contributed by atoms with Crippen molar-refractivity contribution in [2.24, 2.45) is 10.8 Å². The first-order chi connectivity index (χ1) is 28.4. The van der Waals surface area contributed by atoms with Crippen LogP contribution < -0.4 is 0 Å². The lowest BCUT2D eigenvalue weighted by Gasteiger charge is -2.43. The first-order valence-corrected chi connectivity index (χ1v) is 25.9. The van der Waals surface area contributed by atoms with Crippen molar-refractivity contribution in [3.63, 3.8) is 0 Å². The zero-order valence-electron chi connectivity index (χ0n) is 37.8. The molecule has 0 rings (SSSR count). The summed E-state index contributed by atoms with van der Waals surface area (Å²) in [6.45, 7) is 1.95. The summed E-state index contributed by atoms with van der Waals surface area (Å²) in [5.74, 6) is 0. The number of unbranched alkanes of at least 4 members (excludes halogenated alkanes) is 30. The molecule has 0 aliphatic carbocycles. The summed E-state index contributed by atoms with van der Waals surface area (Å²) in [6.07, 6.45) is 40.5. The van der Waals surface area contributed by atoms with E-state index in [0.717, 1.165) is 38.5 Å². The average molecular weight is 873 g/mol. The Kier molecular flexibility index (Phi) is 49.0. The molecule has 352 valence electrons. The predicted molar refractivity (Wildman–Crippen MR) is 247 cm³/mol. The number of aliphatic hydroxyl groups excluding tert-OH is 6. The van der Waals surface area contributed by atoms with Gasteiger partial charge in [-0.15, -0.1) is 0 Å². The van der Waals surface area contributed by atoms with Gasteiger partial charge in [0.1, 0.15) is 0 Å². The summed E-state index contributed by atoms with van der Waals surface area (Å²) in [7, 11) is -1.16. The van der Waals surface area contributed by atoms with Gasteiger partial charge in [0.15, 0.2) is 18.1 Å². The van der Waals surface area contributed by atoms with Crippen LogP contribution in [0.25, 0.3) is 0 Å². The van der Waals surface area contributed by atoms with E-state index in [1.165, 1.54) is 167 Å². The van der Waals surface area contributed by atoms with Crippen molar-refractivity contribution in [3.05, 3.63) is 0 Å². The molecule has 58 heavy (non-hydrogen) atoms. The maximum absolute atomic E-state index is 10.3. The molecular formula is C46H98O10P2. The molecular weight excluding hydrogens is 774 g/mol. The second-order valence-electron chi connectivity index (χ2n) is 17.3. The molecule has 0 fully saturated rings. The van der Waals surface area contributed by atoms with Gasteiger partial charge in [-0.05, 0) is 12.8 Å². The van der Waals surface area contributed by atoms with Gasteiger partial charge in [0.05, 0.1) is 62.7 Å². The summed E-state index contributed by atoms with van der Waals surface area (Å²) < 4.78 is 10.6. The highest BCUT2D eigenvalue weighted by Gasteiger charge is 2.45. The highest BCUT2D eigenvalue weighted by atomic mass is 31.2. The molecule has 0 heterocycles. The van der Waals surface area contributed by atoms with E-state index in [1.54, 1.807) is 0 Å². The Morgan fingerprint density at radius 2 is 0.517 bits per heavy atom. The van der Waals surface area contributed by atoms with Gasteiger partial charge in [0.2, 0.25) is 0 Å². The third kappa shape index (κ3) is 33.1. The average Bonchev–Trinajstić information content (AvgIpc) is 3.25. The Labute approximate surface area is 361 Å². The molecule has 0 spiro atoms. The fraction of sp³-hybridized carbons (Fsp3) is 1.00. The molecule has 8 N–H and O–H groups in total. The highest BCUT2D eigenvalue weighted by Crippen LogP contribution is 2.35. The Morgan fingerprint density at radius 3 is 0.672 bits per heavy atom. The molecule has 0 aromatic rings. The Hall–Kier alpha value is 0.460. The maximum atomic E-state index is 10.3. The van der Waals surface area contributed by atoms with Crippen LogP contribution in [0, 0.1) is 10.8 Å². The van der Waals surface area contributed by atoms with Crippen LogP contribution in [0.3, 0.4) is 0 Å². The van der Waals surface area contributed by atoms with E-state index in [1.807, 2.05) is 0 Å². The van der Waals surface area contributed by atoms with Gasteiger partial charge in [0.25, 0.3) is 0 Å². The fourth-order valence-corrected chi connectivity index (χ4v) is 8.09. The molecule has 4 atom stereocenters. The van der Waals surface area contributed by atoms with Crippen LogP contribution in [0.2, 0.25) is 0 Å². The maximum Gasteiger partial charge on any atom is 0.158 e. The van der Waals surface area contributed by atoms with Gasteiger partial charge < -0.3 is 45.2 Å². The van der Waals surface area contributed by atoms with Crippen LogP contribution in [0.15, 0.2) is 0 Å². The quantitative estimate of drug-likeness (QED) is 0.0217. The standard InChI is InChI=1S/C46H94O7.H4O3P2/c1-3-5-7-9-11-13-15-17-19-21-23-25-27-29-31-33-35-43(45(37-47,38-48)39-49)53-44(46(40-50,41-51)42-52)36-34-32-30-28-26-24-22-20-18-16-14-12-10-8-6-4-2;1-4-3-5-2/h43-44,47-52H,3-42H2,1-2H3;1-2,4-5H. The van der Waals surface area contributed by atoms with Crippen LogP contribution in [0.4, 0.5) is 0 Å². The number of aliphatic hydroxyl groups is 6. The minimum Gasteiger partial charge on any atom is -0.396 e. The number of hydrogen-bond donors (Lipinski definition) is 8. The van der Waals surface area contributed by atoms with Gasteiger partial charge in [-0.3, -0.25) is 4.31 Å². The van der Waals surface area contributed by atoms with E-state index >= 15 is 0 Å². The van der Waals surface area contributed by atoms with Gasteiger partial charge >= 0.3 is 0 Å². The summed E-state index contributed by atoms with van der Waals surface area (Å²) in [6, 6.07) is 0. The first kappa shape index (κ1) is 60.5. The summed E-state index contributed by atoms with van der Waals surface area (Å²) in [5, 5.41) is 62.1. The molecule has 0 aliphatic rings. The van der Waals surface area contributed by atoms with Crippen molar-refractivity contribution < 1.29 is 49.5 Å². The Morgan fingerprint density at radius 1 is 0.328 bits per heavy atom. The van der Waals surface area contributed by atoms with Gasteiger partial charge in [-0.2, -0.15) is 0 Å². The van der Waals surface area contributed by atoms with E-state index in [-0.39, 0.29) is 0 Å². The molecule has 0 aromatic heterocycles. The van der Waals surface area contributed by atoms with E-state index in [4.69, 9.17) is 14.5 Å². The van der Waals surface area contributed by atoms with E-state index < -0.39 is 80.7 Å². The molecule has 12 heteroatoms. The van der Waals surface area contributed by atoms with Crippen LogP contribution in [-0.4, -0.2) is 92.3 Å². The third-order valence-electron chi connectivity index (χ3n) is 12.3. The monoisotopic (exact) mass is 873 g/mol. The summed E-state index contributed by atoms with van der Waals surface area (Å²) in [5.41, 5.74) is -2.48. The van der Waals surface area contributed by atoms with Gasteiger partial charge in [0, 0.05) is 0 Å². The van der Waals surface area contributed by atoms with Crippen molar-refractivity contribution in [2.75, 3.05) is 39.6 Å². The largest absolute Gasteiger partial charge is 0.396 e. The lowest BCUT2D eigenvalue weighted by atomic mass is 9.78. The van der Waals surface area contributed by atoms with Crippen LogP contribution in [-0.2, 0) is 9.05 Å². The summed E-state index contributed by atoms with van der Waals surface area (Å²) >= 11 is 0. The van der Waals surface area contributed by atoms with Crippen LogP contribution in [0.1, 0.15) is 232 Å². The number of ether oxygens (including phenoxy) is 1. The highest BCUT2D eigenvalue weighted by molar-refractivity contribution is 7.39. The van der Waals surface area contributed by atoms with Gasteiger partial charge in [-0.25, -0.2) is 0 Å². The first-order valence-electron chi connectivity index (χ1n) is 24.2. The molecule has 0 aliphatic heterocycles. The van der Waals surface area contributed by atoms with Crippen molar-refractivity contribution in [2.45, 2.75) is 244 Å².